The molecule has 1 fully saturated rings. The number of rotatable bonds is 5. The Bertz CT molecular complexity index is 801. The van der Waals surface area contributed by atoms with Crippen LogP contribution in [0.1, 0.15) is 33.0 Å². The van der Waals surface area contributed by atoms with Gasteiger partial charge in [0.05, 0.1) is 12.0 Å². The first-order valence-electron chi connectivity index (χ1n) is 8.04. The van der Waals surface area contributed by atoms with Gasteiger partial charge < -0.3 is 14.6 Å². The van der Waals surface area contributed by atoms with Crippen LogP contribution in [0.2, 0.25) is 0 Å². The van der Waals surface area contributed by atoms with E-state index in [0.717, 1.165) is 19.6 Å². The molecule has 24 heavy (non-hydrogen) atoms. The molecule has 1 aliphatic heterocycles. The van der Waals surface area contributed by atoms with Crippen molar-refractivity contribution in [3.63, 3.8) is 0 Å². The Morgan fingerprint density at radius 1 is 1.29 bits per heavy atom. The third-order valence-corrected chi connectivity index (χ3v) is 5.33. The van der Waals surface area contributed by atoms with E-state index in [1.54, 1.807) is 18.4 Å². The van der Waals surface area contributed by atoms with Gasteiger partial charge in [-0.15, -0.1) is 11.3 Å². The lowest BCUT2D eigenvalue weighted by Gasteiger charge is -2.17. The third kappa shape index (κ3) is 2.81. The van der Waals surface area contributed by atoms with E-state index in [0.29, 0.717) is 27.9 Å². The van der Waals surface area contributed by atoms with Crippen molar-refractivity contribution in [2.24, 2.45) is 0 Å². The molecule has 1 aliphatic carbocycles. The molecular weight excluding hydrogens is 326 g/mol. The molecule has 4 rings (SSSR count). The third-order valence-electron chi connectivity index (χ3n) is 4.26. The van der Waals surface area contributed by atoms with Gasteiger partial charge >= 0.3 is 0 Å². The zero-order valence-corrected chi connectivity index (χ0v) is 13.9. The Morgan fingerprint density at radius 3 is 2.88 bits per heavy atom. The molecule has 1 saturated heterocycles. The molecule has 0 bridgehead atoms. The minimum absolute atomic E-state index is 0.165. The smallest absolute Gasteiger partial charge is 0.221 e. The number of nitrogens with one attached hydrogen (secondary N) is 1. The van der Waals surface area contributed by atoms with Crippen molar-refractivity contribution in [2.45, 2.75) is 12.8 Å². The number of nitrogens with zero attached hydrogens (tertiary/aromatic N) is 2. The minimum atomic E-state index is -0.234. The number of hydrogen-bond acceptors (Lipinski definition) is 7. The van der Waals surface area contributed by atoms with Crippen LogP contribution in [0.4, 0.5) is 0 Å². The number of furan rings is 1. The van der Waals surface area contributed by atoms with E-state index in [-0.39, 0.29) is 17.3 Å². The van der Waals surface area contributed by atoms with Crippen LogP contribution in [-0.4, -0.2) is 47.6 Å². The van der Waals surface area contributed by atoms with E-state index in [1.807, 2.05) is 0 Å². The minimum Gasteiger partial charge on any atom is -0.462 e. The maximum absolute atomic E-state index is 12.6. The van der Waals surface area contributed by atoms with E-state index >= 15 is 0 Å². The maximum Gasteiger partial charge on any atom is 0.221 e. The molecule has 2 aromatic rings. The molecule has 3 heterocycles. The molecule has 2 aliphatic rings. The van der Waals surface area contributed by atoms with Gasteiger partial charge in [0, 0.05) is 19.2 Å². The van der Waals surface area contributed by atoms with Gasteiger partial charge in [-0.1, -0.05) is 0 Å². The second-order valence-corrected chi connectivity index (χ2v) is 6.90. The van der Waals surface area contributed by atoms with Crippen molar-refractivity contribution >= 4 is 22.9 Å². The summed E-state index contributed by atoms with van der Waals surface area (Å²) in [7, 11) is 0. The molecule has 124 valence electrons. The van der Waals surface area contributed by atoms with Gasteiger partial charge in [0.15, 0.2) is 10.8 Å². The monoisotopic (exact) mass is 343 g/mol. The van der Waals surface area contributed by atoms with Crippen LogP contribution >= 0.6 is 11.3 Å². The second-order valence-electron chi connectivity index (χ2n) is 5.90. The normalized spacial score (nSPS) is 17.9. The van der Waals surface area contributed by atoms with Gasteiger partial charge in [-0.25, -0.2) is 4.98 Å². The second kappa shape index (κ2) is 6.33. The average Bonchev–Trinajstić information content (AvgIpc) is 3.31. The summed E-state index contributed by atoms with van der Waals surface area (Å²) in [4.78, 5) is 31.9. The van der Waals surface area contributed by atoms with Crippen LogP contribution in [0.15, 0.2) is 34.6 Å². The standard InChI is InChI=1S/C17H17N3O3S/c21-12-10-11(18-5-8-20-6-1-2-7-20)15(22)16-14(12)19-17(24-16)13-4-3-9-23-13/h3-4,9-10,18H,1-2,5-8H2. The number of fused-ring (bicyclic) bond motifs is 1. The summed E-state index contributed by atoms with van der Waals surface area (Å²) in [5, 5.41) is 3.67. The number of ketones is 2. The molecule has 0 saturated carbocycles. The van der Waals surface area contributed by atoms with Crippen molar-refractivity contribution in [3.05, 3.63) is 40.7 Å². The number of hydrogen-bond donors (Lipinski definition) is 1. The zero-order valence-electron chi connectivity index (χ0n) is 13.1. The van der Waals surface area contributed by atoms with Crippen LogP contribution in [0.3, 0.4) is 0 Å². The van der Waals surface area contributed by atoms with Crippen molar-refractivity contribution in [3.8, 4) is 10.8 Å². The topological polar surface area (TPSA) is 75.4 Å². The Hall–Kier alpha value is -2.25. The molecule has 2 aromatic heterocycles. The van der Waals surface area contributed by atoms with Crippen LogP contribution < -0.4 is 5.32 Å². The van der Waals surface area contributed by atoms with Gasteiger partial charge in [-0.2, -0.15) is 0 Å². The van der Waals surface area contributed by atoms with Crippen LogP contribution in [0.5, 0.6) is 0 Å². The lowest BCUT2D eigenvalue weighted by molar-refractivity contribution is 0.0978. The molecule has 0 atom stereocenters. The molecule has 0 aromatic carbocycles. The summed E-state index contributed by atoms with van der Waals surface area (Å²) < 4.78 is 5.30. The number of allylic oxidation sites excluding steroid dienone is 2. The lowest BCUT2D eigenvalue weighted by atomic mass is 10.0. The number of likely N-dealkylation sites (tertiary alicyclic amines) is 1. The number of carbonyl (C=O) groups is 2. The van der Waals surface area contributed by atoms with E-state index in [2.05, 4.69) is 15.2 Å². The van der Waals surface area contributed by atoms with Gasteiger partial charge in [0.1, 0.15) is 10.6 Å². The highest BCUT2D eigenvalue weighted by molar-refractivity contribution is 7.17. The highest BCUT2D eigenvalue weighted by Gasteiger charge is 2.30. The summed E-state index contributed by atoms with van der Waals surface area (Å²) in [6.45, 7) is 3.76. The fourth-order valence-electron chi connectivity index (χ4n) is 3.02. The van der Waals surface area contributed by atoms with Crippen LogP contribution in [0, 0.1) is 0 Å². The first-order chi connectivity index (χ1) is 11.7. The van der Waals surface area contributed by atoms with Crippen LogP contribution in [0.25, 0.3) is 10.8 Å². The largest absolute Gasteiger partial charge is 0.462 e. The van der Waals surface area contributed by atoms with E-state index in [4.69, 9.17) is 4.42 Å². The predicted molar refractivity (Wildman–Crippen MR) is 90.2 cm³/mol. The summed E-state index contributed by atoms with van der Waals surface area (Å²) in [5.41, 5.74) is 0.586. The highest BCUT2D eigenvalue weighted by Crippen LogP contribution is 2.32. The Labute approximate surface area is 143 Å². The Kier molecular flexibility index (Phi) is 4.03. The molecular formula is C17H17N3O3S. The quantitative estimate of drug-likeness (QED) is 0.898. The van der Waals surface area contributed by atoms with Gasteiger partial charge in [0.25, 0.3) is 0 Å². The van der Waals surface area contributed by atoms with E-state index < -0.39 is 0 Å². The number of aromatic nitrogens is 1. The number of thiazole rings is 1. The molecule has 0 unspecified atom stereocenters. The van der Waals surface area contributed by atoms with E-state index in [1.165, 1.54) is 30.3 Å². The number of carbonyl (C=O) groups excluding carboxylic acids is 2. The SMILES string of the molecule is O=C1C=C(NCCN2CCCC2)C(=O)c2sc(-c3ccco3)nc21. The molecule has 0 spiro atoms. The fourth-order valence-corrected chi connectivity index (χ4v) is 4.01. The molecule has 0 amide bonds. The number of Topliss-reactive ketones (excluding diaryl/α,β-unsaturated/α-hetero) is 1. The summed E-state index contributed by atoms with van der Waals surface area (Å²) in [6.07, 6.45) is 5.38. The first kappa shape index (κ1) is 15.3. The first-order valence-corrected chi connectivity index (χ1v) is 8.85. The van der Waals surface area contributed by atoms with Gasteiger partial charge in [-0.05, 0) is 38.1 Å². The molecule has 6 nitrogen and oxygen atoms in total. The summed E-state index contributed by atoms with van der Waals surface area (Å²) >= 11 is 1.20. The highest BCUT2D eigenvalue weighted by atomic mass is 32.1. The van der Waals surface area contributed by atoms with Crippen LogP contribution in [-0.2, 0) is 0 Å². The van der Waals surface area contributed by atoms with Gasteiger partial charge in [-0.3, -0.25) is 9.59 Å². The molecule has 7 heteroatoms. The van der Waals surface area contributed by atoms with Gasteiger partial charge in [0.2, 0.25) is 11.6 Å². The maximum atomic E-state index is 12.6. The van der Waals surface area contributed by atoms with Crippen molar-refractivity contribution in [1.29, 1.82) is 0 Å². The predicted octanol–water partition coefficient (Wildman–Crippen LogP) is 2.35. The molecule has 0 radical (unpaired) electrons. The Morgan fingerprint density at radius 2 is 2.12 bits per heavy atom. The van der Waals surface area contributed by atoms with E-state index in [9.17, 15) is 9.59 Å². The zero-order chi connectivity index (χ0) is 16.5. The Balaban J connectivity index is 1.48. The summed E-state index contributed by atoms with van der Waals surface area (Å²) in [5.74, 6) is 0.169. The average molecular weight is 343 g/mol. The lowest BCUT2D eigenvalue weighted by Crippen LogP contribution is -2.33. The van der Waals surface area contributed by atoms with Crippen molar-refractivity contribution in [1.82, 2.24) is 15.2 Å². The van der Waals surface area contributed by atoms with Crippen molar-refractivity contribution in [2.75, 3.05) is 26.2 Å². The fraction of sp³-hybridized carbons (Fsp3) is 0.353. The van der Waals surface area contributed by atoms with Crippen molar-refractivity contribution < 1.29 is 14.0 Å². The molecule has 1 N–H and O–H groups in total. The summed E-state index contributed by atoms with van der Waals surface area (Å²) in [6, 6.07) is 3.52.